The highest BCUT2D eigenvalue weighted by Gasteiger charge is 2.14. The van der Waals surface area contributed by atoms with Crippen LogP contribution in [0.2, 0.25) is 0 Å². The highest BCUT2D eigenvalue weighted by molar-refractivity contribution is 6.31. The molecule has 0 amide bonds. The molecule has 1 aliphatic carbocycles. The third kappa shape index (κ3) is 2.33. The van der Waals surface area contributed by atoms with Crippen molar-refractivity contribution in [2.24, 2.45) is 0 Å². The van der Waals surface area contributed by atoms with E-state index in [2.05, 4.69) is 0 Å². The Morgan fingerprint density at radius 3 is 2.55 bits per heavy atom. The molecule has 1 fully saturated rings. The van der Waals surface area contributed by atoms with E-state index in [1.54, 1.807) is 6.92 Å². The monoisotopic (exact) mass is 172 g/mol. The van der Waals surface area contributed by atoms with Crippen LogP contribution in [0.5, 0.6) is 0 Å². The Bertz CT molecular complexity index is 190. The second-order valence-electron chi connectivity index (χ2n) is 3.00. The van der Waals surface area contributed by atoms with Crippen LogP contribution in [0.4, 0.5) is 0 Å². The van der Waals surface area contributed by atoms with E-state index in [0.29, 0.717) is 11.5 Å². The summed E-state index contributed by atoms with van der Waals surface area (Å²) >= 11 is 5.78. The van der Waals surface area contributed by atoms with Crippen LogP contribution in [-0.4, -0.2) is 5.78 Å². The normalized spacial score (nSPS) is 24.7. The predicted octanol–water partition coefficient (Wildman–Crippen LogP) is 3.03. The zero-order valence-electron chi connectivity index (χ0n) is 6.82. The number of Topliss-reactive ketones (excluding diaryl/α,β-unsaturated/α-hetero) is 1. The molecule has 0 saturated heterocycles. The smallest absolute Gasteiger partial charge is 0.160 e. The Morgan fingerprint density at radius 1 is 1.27 bits per heavy atom. The van der Waals surface area contributed by atoms with E-state index >= 15 is 0 Å². The van der Waals surface area contributed by atoms with E-state index in [4.69, 9.17) is 11.6 Å². The van der Waals surface area contributed by atoms with Gasteiger partial charge in [0, 0.05) is 17.0 Å². The lowest BCUT2D eigenvalue weighted by molar-refractivity contribution is -0.115. The maximum Gasteiger partial charge on any atom is 0.160 e. The molecule has 0 atom stereocenters. The van der Waals surface area contributed by atoms with Gasteiger partial charge in [0.15, 0.2) is 5.78 Å². The fraction of sp³-hybridized carbons (Fsp3) is 0.667. The van der Waals surface area contributed by atoms with E-state index in [1.807, 2.05) is 0 Å². The first-order valence-corrected chi connectivity index (χ1v) is 4.48. The summed E-state index contributed by atoms with van der Waals surface area (Å²) in [7, 11) is 0. The SMILES string of the molecule is C/C(Cl)=C1/CCCCCC1=O. The molecule has 62 valence electrons. The van der Waals surface area contributed by atoms with Gasteiger partial charge in [-0.15, -0.1) is 0 Å². The molecular weight excluding hydrogens is 160 g/mol. The van der Waals surface area contributed by atoms with Gasteiger partial charge in [0.1, 0.15) is 0 Å². The molecule has 0 heterocycles. The maximum absolute atomic E-state index is 11.3. The van der Waals surface area contributed by atoms with E-state index in [-0.39, 0.29) is 5.78 Å². The molecule has 0 aromatic rings. The average molecular weight is 173 g/mol. The standard InChI is InChI=1S/C9H13ClO/c1-7(10)8-5-3-2-4-6-9(8)11/h2-6H2,1H3/b8-7+. The number of allylic oxidation sites excluding steroid dienone is 2. The molecule has 0 aromatic carbocycles. The summed E-state index contributed by atoms with van der Waals surface area (Å²) in [6.45, 7) is 1.81. The lowest BCUT2D eigenvalue weighted by atomic mass is 10.1. The van der Waals surface area contributed by atoms with Crippen molar-refractivity contribution in [1.82, 2.24) is 0 Å². The Morgan fingerprint density at radius 2 is 1.91 bits per heavy atom. The van der Waals surface area contributed by atoms with E-state index in [0.717, 1.165) is 24.8 Å². The van der Waals surface area contributed by atoms with E-state index in [9.17, 15) is 4.79 Å². The van der Waals surface area contributed by atoms with Gasteiger partial charge in [0.05, 0.1) is 0 Å². The summed E-state index contributed by atoms with van der Waals surface area (Å²) in [4.78, 5) is 11.3. The van der Waals surface area contributed by atoms with Crippen LogP contribution in [0, 0.1) is 0 Å². The molecule has 0 unspecified atom stereocenters. The van der Waals surface area contributed by atoms with Crippen molar-refractivity contribution < 1.29 is 4.79 Å². The molecule has 1 aliphatic rings. The summed E-state index contributed by atoms with van der Waals surface area (Å²) in [5.74, 6) is 0.259. The van der Waals surface area contributed by atoms with Crippen molar-refractivity contribution >= 4 is 17.4 Å². The van der Waals surface area contributed by atoms with Crippen molar-refractivity contribution in [3.63, 3.8) is 0 Å². The molecule has 1 rings (SSSR count). The number of carbonyl (C=O) groups is 1. The quantitative estimate of drug-likeness (QED) is 0.406. The predicted molar refractivity (Wildman–Crippen MR) is 46.6 cm³/mol. The minimum absolute atomic E-state index is 0.259. The van der Waals surface area contributed by atoms with Crippen molar-refractivity contribution in [1.29, 1.82) is 0 Å². The zero-order valence-corrected chi connectivity index (χ0v) is 7.58. The number of halogens is 1. The molecule has 0 bridgehead atoms. The van der Waals surface area contributed by atoms with Gasteiger partial charge >= 0.3 is 0 Å². The second-order valence-corrected chi connectivity index (χ2v) is 3.56. The van der Waals surface area contributed by atoms with Crippen LogP contribution in [0.15, 0.2) is 10.6 Å². The van der Waals surface area contributed by atoms with Gasteiger partial charge in [-0.25, -0.2) is 0 Å². The third-order valence-electron chi connectivity index (χ3n) is 2.08. The molecule has 1 saturated carbocycles. The number of ketones is 1. The van der Waals surface area contributed by atoms with Crippen LogP contribution in [0.3, 0.4) is 0 Å². The molecule has 1 nitrogen and oxygen atoms in total. The van der Waals surface area contributed by atoms with E-state index in [1.165, 1.54) is 6.42 Å². The summed E-state index contributed by atoms with van der Waals surface area (Å²) in [5, 5.41) is 0.692. The molecule has 0 aromatic heterocycles. The van der Waals surface area contributed by atoms with E-state index < -0.39 is 0 Å². The fourth-order valence-electron chi connectivity index (χ4n) is 1.42. The number of carbonyl (C=O) groups excluding carboxylic acids is 1. The summed E-state index contributed by atoms with van der Waals surface area (Å²) in [6.07, 6.45) is 4.89. The van der Waals surface area contributed by atoms with Gasteiger partial charge in [-0.2, -0.15) is 0 Å². The van der Waals surface area contributed by atoms with Crippen LogP contribution in [0.1, 0.15) is 39.0 Å². The molecule has 0 aliphatic heterocycles. The minimum atomic E-state index is 0.259. The first kappa shape index (κ1) is 8.79. The third-order valence-corrected chi connectivity index (χ3v) is 2.31. The van der Waals surface area contributed by atoms with Crippen molar-refractivity contribution in [3.8, 4) is 0 Å². The van der Waals surface area contributed by atoms with Crippen LogP contribution < -0.4 is 0 Å². The molecule has 11 heavy (non-hydrogen) atoms. The van der Waals surface area contributed by atoms with Crippen LogP contribution >= 0.6 is 11.6 Å². The topological polar surface area (TPSA) is 17.1 Å². The van der Waals surface area contributed by atoms with Crippen molar-refractivity contribution in [2.45, 2.75) is 39.0 Å². The highest BCUT2D eigenvalue weighted by atomic mass is 35.5. The molecule has 0 radical (unpaired) electrons. The zero-order chi connectivity index (χ0) is 8.27. The number of hydrogen-bond acceptors (Lipinski definition) is 1. The van der Waals surface area contributed by atoms with Gasteiger partial charge in [-0.1, -0.05) is 18.0 Å². The Hall–Kier alpha value is -0.300. The summed E-state index contributed by atoms with van der Waals surface area (Å²) in [6, 6.07) is 0. The highest BCUT2D eigenvalue weighted by Crippen LogP contribution is 2.23. The Balaban J connectivity index is 2.76. The van der Waals surface area contributed by atoms with Gasteiger partial charge in [0.25, 0.3) is 0 Å². The molecule has 0 spiro atoms. The van der Waals surface area contributed by atoms with Gasteiger partial charge in [0.2, 0.25) is 0 Å². The van der Waals surface area contributed by atoms with Crippen molar-refractivity contribution in [2.75, 3.05) is 0 Å². The summed E-state index contributed by atoms with van der Waals surface area (Å²) in [5.41, 5.74) is 0.865. The first-order valence-electron chi connectivity index (χ1n) is 4.10. The maximum atomic E-state index is 11.3. The number of hydrogen-bond donors (Lipinski definition) is 0. The van der Waals surface area contributed by atoms with Crippen molar-refractivity contribution in [3.05, 3.63) is 10.6 Å². The fourth-order valence-corrected chi connectivity index (χ4v) is 1.62. The summed E-state index contributed by atoms with van der Waals surface area (Å²) < 4.78 is 0. The Labute approximate surface area is 72.4 Å². The Kier molecular flexibility index (Phi) is 3.13. The van der Waals surface area contributed by atoms with Crippen LogP contribution in [-0.2, 0) is 4.79 Å². The number of rotatable bonds is 0. The first-order chi connectivity index (χ1) is 5.22. The van der Waals surface area contributed by atoms with Gasteiger partial charge < -0.3 is 0 Å². The molecule has 2 heteroatoms. The lowest BCUT2D eigenvalue weighted by Crippen LogP contribution is -2.00. The average Bonchev–Trinajstić information content (AvgIpc) is 2.13. The minimum Gasteiger partial charge on any atom is -0.295 e. The van der Waals surface area contributed by atoms with Gasteiger partial charge in [-0.05, 0) is 26.2 Å². The van der Waals surface area contributed by atoms with Crippen LogP contribution in [0.25, 0.3) is 0 Å². The lowest BCUT2D eigenvalue weighted by Gasteiger charge is -2.00. The molecule has 0 N–H and O–H groups in total. The largest absolute Gasteiger partial charge is 0.295 e. The second kappa shape index (κ2) is 3.91. The van der Waals surface area contributed by atoms with Gasteiger partial charge in [-0.3, -0.25) is 4.79 Å². The molecular formula is C9H13ClO.